The summed E-state index contributed by atoms with van der Waals surface area (Å²) in [4.78, 5) is 24.7. The Labute approximate surface area is 159 Å². The first kappa shape index (κ1) is 18.4. The minimum Gasteiger partial charge on any atom is -0.344 e. The molecular formula is C23H22N2O2. The number of carbonyl (C=O) groups excluding carboxylic acids is 2. The van der Waals surface area contributed by atoms with E-state index in [0.29, 0.717) is 5.56 Å². The van der Waals surface area contributed by atoms with Gasteiger partial charge in [0.1, 0.15) is 0 Å². The van der Waals surface area contributed by atoms with E-state index in [1.165, 1.54) is 0 Å². The first-order valence-corrected chi connectivity index (χ1v) is 8.87. The molecule has 0 aliphatic heterocycles. The molecule has 4 heteroatoms. The third-order valence-corrected chi connectivity index (χ3v) is 4.29. The van der Waals surface area contributed by atoms with Crippen molar-refractivity contribution in [3.05, 3.63) is 107 Å². The summed E-state index contributed by atoms with van der Waals surface area (Å²) in [5, 5.41) is 5.69. The Morgan fingerprint density at radius 3 is 1.81 bits per heavy atom. The summed E-state index contributed by atoms with van der Waals surface area (Å²) in [6.45, 7) is 1.88. The highest BCUT2D eigenvalue weighted by Gasteiger charge is 2.17. The van der Waals surface area contributed by atoms with Crippen LogP contribution in [-0.2, 0) is 4.79 Å². The van der Waals surface area contributed by atoms with Crippen molar-refractivity contribution in [1.29, 1.82) is 0 Å². The maximum Gasteiger partial charge on any atom is 0.251 e. The molecule has 0 aromatic heterocycles. The van der Waals surface area contributed by atoms with Gasteiger partial charge in [0.25, 0.3) is 5.91 Å². The monoisotopic (exact) mass is 358 g/mol. The second-order valence-electron chi connectivity index (χ2n) is 6.37. The van der Waals surface area contributed by atoms with Crippen molar-refractivity contribution in [2.24, 2.45) is 0 Å². The van der Waals surface area contributed by atoms with Crippen LogP contribution in [0.5, 0.6) is 0 Å². The van der Waals surface area contributed by atoms with Crippen LogP contribution in [0.1, 0.15) is 33.1 Å². The van der Waals surface area contributed by atoms with Crippen molar-refractivity contribution in [3.63, 3.8) is 0 Å². The first-order valence-electron chi connectivity index (χ1n) is 8.87. The lowest BCUT2D eigenvalue weighted by Gasteiger charge is -2.20. The molecule has 0 aliphatic carbocycles. The Kier molecular flexibility index (Phi) is 6.00. The zero-order chi connectivity index (χ0) is 19.1. The number of aryl methyl sites for hydroxylation is 1. The summed E-state index contributed by atoms with van der Waals surface area (Å²) >= 11 is 0. The molecule has 0 bridgehead atoms. The SMILES string of the molecule is Cc1ccc(C(=O)NCC(=O)NC(c2ccccc2)c2ccccc2)cc1. The van der Waals surface area contributed by atoms with E-state index in [-0.39, 0.29) is 24.4 Å². The minimum atomic E-state index is -0.267. The maximum absolute atomic E-state index is 12.5. The van der Waals surface area contributed by atoms with Gasteiger partial charge >= 0.3 is 0 Å². The van der Waals surface area contributed by atoms with Crippen molar-refractivity contribution < 1.29 is 9.59 Å². The summed E-state index contributed by atoms with van der Waals surface area (Å²) in [6.07, 6.45) is 0. The van der Waals surface area contributed by atoms with Gasteiger partial charge in [-0.25, -0.2) is 0 Å². The smallest absolute Gasteiger partial charge is 0.251 e. The lowest BCUT2D eigenvalue weighted by molar-refractivity contribution is -0.120. The van der Waals surface area contributed by atoms with Gasteiger partial charge < -0.3 is 10.6 Å². The average Bonchev–Trinajstić information content (AvgIpc) is 2.72. The Morgan fingerprint density at radius 2 is 1.30 bits per heavy atom. The van der Waals surface area contributed by atoms with Crippen LogP contribution in [0.4, 0.5) is 0 Å². The van der Waals surface area contributed by atoms with E-state index in [2.05, 4.69) is 10.6 Å². The van der Waals surface area contributed by atoms with Gasteiger partial charge in [-0.15, -0.1) is 0 Å². The van der Waals surface area contributed by atoms with E-state index in [0.717, 1.165) is 16.7 Å². The standard InChI is InChI=1S/C23H22N2O2/c1-17-12-14-20(15-13-17)23(27)24-16-21(26)25-22(18-8-4-2-5-9-18)19-10-6-3-7-11-19/h2-15,22H,16H2,1H3,(H,24,27)(H,25,26). The van der Waals surface area contributed by atoms with Gasteiger partial charge in [0, 0.05) is 5.56 Å². The molecule has 0 aliphatic rings. The van der Waals surface area contributed by atoms with Gasteiger partial charge in [-0.2, -0.15) is 0 Å². The predicted molar refractivity (Wildman–Crippen MR) is 106 cm³/mol. The quantitative estimate of drug-likeness (QED) is 0.707. The fourth-order valence-electron chi connectivity index (χ4n) is 2.83. The number of carbonyl (C=O) groups is 2. The zero-order valence-corrected chi connectivity index (χ0v) is 15.2. The van der Waals surface area contributed by atoms with Crippen LogP contribution in [0.15, 0.2) is 84.9 Å². The third kappa shape index (κ3) is 5.05. The van der Waals surface area contributed by atoms with E-state index in [9.17, 15) is 9.59 Å². The van der Waals surface area contributed by atoms with Crippen molar-refractivity contribution in [1.82, 2.24) is 10.6 Å². The van der Waals surface area contributed by atoms with Crippen LogP contribution in [0.3, 0.4) is 0 Å². The number of hydrogen-bond donors (Lipinski definition) is 2. The normalized spacial score (nSPS) is 10.4. The Hall–Kier alpha value is -3.40. The molecule has 3 aromatic rings. The highest BCUT2D eigenvalue weighted by molar-refractivity contribution is 5.96. The summed E-state index contributed by atoms with van der Waals surface area (Å²) in [7, 11) is 0. The molecular weight excluding hydrogens is 336 g/mol. The molecule has 2 N–H and O–H groups in total. The number of amides is 2. The van der Waals surface area contributed by atoms with Crippen LogP contribution in [0.2, 0.25) is 0 Å². The summed E-state index contributed by atoms with van der Waals surface area (Å²) < 4.78 is 0. The van der Waals surface area contributed by atoms with E-state index >= 15 is 0 Å². The Morgan fingerprint density at radius 1 is 0.778 bits per heavy atom. The highest BCUT2D eigenvalue weighted by Crippen LogP contribution is 2.21. The van der Waals surface area contributed by atoms with Crippen molar-refractivity contribution in [2.45, 2.75) is 13.0 Å². The molecule has 0 saturated carbocycles. The van der Waals surface area contributed by atoms with E-state index in [1.54, 1.807) is 12.1 Å². The van der Waals surface area contributed by atoms with E-state index in [4.69, 9.17) is 0 Å². The van der Waals surface area contributed by atoms with Gasteiger partial charge in [-0.3, -0.25) is 9.59 Å². The average molecular weight is 358 g/mol. The fraction of sp³-hybridized carbons (Fsp3) is 0.130. The molecule has 0 heterocycles. The van der Waals surface area contributed by atoms with E-state index in [1.807, 2.05) is 79.7 Å². The second-order valence-corrected chi connectivity index (χ2v) is 6.37. The minimum absolute atomic E-state index is 0.0805. The topological polar surface area (TPSA) is 58.2 Å². The second kappa shape index (κ2) is 8.81. The molecule has 27 heavy (non-hydrogen) atoms. The van der Waals surface area contributed by atoms with Crippen molar-refractivity contribution in [3.8, 4) is 0 Å². The summed E-state index contributed by atoms with van der Waals surface area (Å²) in [6, 6.07) is 26.5. The summed E-state index contributed by atoms with van der Waals surface area (Å²) in [5.41, 5.74) is 3.60. The molecule has 2 amide bonds. The molecule has 3 aromatic carbocycles. The molecule has 0 spiro atoms. The molecule has 0 fully saturated rings. The van der Waals surface area contributed by atoms with Crippen molar-refractivity contribution >= 4 is 11.8 Å². The fourth-order valence-corrected chi connectivity index (χ4v) is 2.83. The van der Waals surface area contributed by atoms with Gasteiger partial charge in [0.15, 0.2) is 0 Å². The molecule has 0 atom stereocenters. The van der Waals surface area contributed by atoms with Gasteiger partial charge in [-0.1, -0.05) is 78.4 Å². The molecule has 0 saturated heterocycles. The largest absolute Gasteiger partial charge is 0.344 e. The Bertz CT molecular complexity index is 851. The number of hydrogen-bond acceptors (Lipinski definition) is 2. The lowest BCUT2D eigenvalue weighted by Crippen LogP contribution is -2.39. The molecule has 4 nitrogen and oxygen atoms in total. The first-order chi connectivity index (χ1) is 13.1. The summed E-state index contributed by atoms with van der Waals surface area (Å²) in [5.74, 6) is -0.505. The van der Waals surface area contributed by atoms with Gasteiger partial charge in [-0.05, 0) is 30.2 Å². The van der Waals surface area contributed by atoms with Gasteiger partial charge in [0.2, 0.25) is 5.91 Å². The van der Waals surface area contributed by atoms with E-state index < -0.39 is 0 Å². The van der Waals surface area contributed by atoms with Crippen LogP contribution >= 0.6 is 0 Å². The number of benzene rings is 3. The van der Waals surface area contributed by atoms with Crippen LogP contribution in [0.25, 0.3) is 0 Å². The molecule has 0 radical (unpaired) electrons. The highest BCUT2D eigenvalue weighted by atomic mass is 16.2. The Balaban J connectivity index is 1.66. The van der Waals surface area contributed by atoms with Crippen molar-refractivity contribution in [2.75, 3.05) is 6.54 Å². The van der Waals surface area contributed by atoms with Crippen LogP contribution in [-0.4, -0.2) is 18.4 Å². The number of rotatable bonds is 6. The lowest BCUT2D eigenvalue weighted by atomic mass is 9.99. The van der Waals surface area contributed by atoms with Crippen LogP contribution in [0, 0.1) is 6.92 Å². The number of nitrogens with one attached hydrogen (secondary N) is 2. The predicted octanol–water partition coefficient (Wildman–Crippen LogP) is 3.63. The molecule has 3 rings (SSSR count). The molecule has 0 unspecified atom stereocenters. The zero-order valence-electron chi connectivity index (χ0n) is 15.2. The van der Waals surface area contributed by atoms with Gasteiger partial charge in [0.05, 0.1) is 12.6 Å². The molecule has 136 valence electrons. The van der Waals surface area contributed by atoms with Crippen LogP contribution < -0.4 is 10.6 Å². The maximum atomic E-state index is 12.5. The third-order valence-electron chi connectivity index (χ3n) is 4.29.